The molecule has 1 aliphatic carbocycles. The Hall–Kier alpha value is -2.93. The van der Waals surface area contributed by atoms with E-state index < -0.39 is 29.7 Å². The molecular formula is C28H35NO6. The Bertz CT molecular complexity index is 1090. The lowest BCUT2D eigenvalue weighted by Gasteiger charge is -2.31. The Morgan fingerprint density at radius 2 is 1.89 bits per heavy atom. The maximum Gasteiger partial charge on any atom is 0.423 e. The van der Waals surface area contributed by atoms with Crippen LogP contribution in [0.4, 0.5) is 4.79 Å². The number of benzene rings is 1. The van der Waals surface area contributed by atoms with E-state index in [1.165, 1.54) is 23.8 Å². The van der Waals surface area contributed by atoms with E-state index in [1.807, 2.05) is 26.0 Å². The van der Waals surface area contributed by atoms with Gasteiger partial charge in [-0.05, 0) is 80.9 Å². The third-order valence-corrected chi connectivity index (χ3v) is 7.64. The summed E-state index contributed by atoms with van der Waals surface area (Å²) in [4.78, 5) is 38.9. The third kappa shape index (κ3) is 4.54. The van der Waals surface area contributed by atoms with Gasteiger partial charge in [0, 0.05) is 5.92 Å². The molecule has 0 radical (unpaired) electrons. The minimum Gasteiger partial charge on any atom is -0.507 e. The van der Waals surface area contributed by atoms with Crippen LogP contribution in [0.3, 0.4) is 0 Å². The number of amides is 3. The lowest BCUT2D eigenvalue weighted by atomic mass is 9.68. The number of hydrogen-bond acceptors (Lipinski definition) is 6. The van der Waals surface area contributed by atoms with Crippen LogP contribution >= 0.6 is 0 Å². The highest BCUT2D eigenvalue weighted by molar-refractivity contribution is 6.16. The number of nitrogens with zero attached hydrogens (tertiary/aromatic N) is 1. The van der Waals surface area contributed by atoms with E-state index >= 15 is 0 Å². The van der Waals surface area contributed by atoms with Gasteiger partial charge in [-0.25, -0.2) is 4.79 Å². The second-order valence-electron chi connectivity index (χ2n) is 10.1. The quantitative estimate of drug-likeness (QED) is 0.450. The van der Waals surface area contributed by atoms with E-state index in [1.54, 1.807) is 0 Å². The molecule has 1 aromatic carbocycles. The number of carbonyl (C=O) groups is 3. The van der Waals surface area contributed by atoms with Crippen LogP contribution in [0, 0.1) is 31.6 Å². The van der Waals surface area contributed by atoms with Gasteiger partial charge in [-0.3, -0.25) is 9.59 Å². The average molecular weight is 482 g/mol. The molecule has 0 saturated carbocycles. The first-order chi connectivity index (χ1) is 16.7. The molecule has 1 N–H and O–H groups in total. The molecule has 2 heterocycles. The number of imide groups is 3. The van der Waals surface area contributed by atoms with E-state index in [-0.39, 0.29) is 12.0 Å². The van der Waals surface area contributed by atoms with Gasteiger partial charge in [-0.1, -0.05) is 30.6 Å². The number of phenols is 1. The van der Waals surface area contributed by atoms with Crippen molar-refractivity contribution in [3.05, 3.63) is 45.5 Å². The fourth-order valence-corrected chi connectivity index (χ4v) is 6.07. The zero-order valence-corrected chi connectivity index (χ0v) is 21.2. The Morgan fingerprint density at radius 1 is 1.20 bits per heavy atom. The molecular weight excluding hydrogens is 446 g/mol. The number of fused-ring (bicyclic) bond motifs is 3. The van der Waals surface area contributed by atoms with Gasteiger partial charge in [0.05, 0.1) is 31.7 Å². The van der Waals surface area contributed by atoms with Crippen molar-refractivity contribution in [2.45, 2.75) is 65.9 Å². The van der Waals surface area contributed by atoms with Gasteiger partial charge in [-0.2, -0.15) is 4.90 Å². The molecule has 4 atom stereocenters. The summed E-state index contributed by atoms with van der Waals surface area (Å²) in [5.74, 6) is -1.80. The molecule has 35 heavy (non-hydrogen) atoms. The van der Waals surface area contributed by atoms with Gasteiger partial charge in [-0.15, -0.1) is 0 Å². The summed E-state index contributed by atoms with van der Waals surface area (Å²) in [6, 6.07) is 3.96. The number of phenolic OH excluding ortho intramolecular Hbond substituents is 1. The second kappa shape index (κ2) is 9.97. The highest BCUT2D eigenvalue weighted by atomic mass is 16.5. The zero-order chi connectivity index (χ0) is 25.4. The van der Waals surface area contributed by atoms with E-state index in [0.717, 1.165) is 42.4 Å². The highest BCUT2D eigenvalue weighted by Gasteiger charge is 2.58. The molecule has 188 valence electrons. The standard InChI is InChI=1S/C28H35NO6/c1-6-7-19-13-20-24(27(32)29(26(20)31)28(33)34-5)21-14-35-22(23(19)21)9-8-15(2)10-18-11-16(3)25(30)17(4)12-18/h10-12,20-22,24,30H,6-9,13-14H2,1-5H3/b15-10+/t20-,21+,22-,24-/m1/s1. The van der Waals surface area contributed by atoms with Crippen LogP contribution in [0.25, 0.3) is 6.08 Å². The van der Waals surface area contributed by atoms with Crippen molar-refractivity contribution in [1.29, 1.82) is 0 Å². The van der Waals surface area contributed by atoms with E-state index in [4.69, 9.17) is 9.47 Å². The number of rotatable bonds is 6. The topological polar surface area (TPSA) is 93.1 Å². The summed E-state index contributed by atoms with van der Waals surface area (Å²) in [6.45, 7) is 8.39. The molecule has 0 aromatic heterocycles. The second-order valence-corrected chi connectivity index (χ2v) is 10.1. The molecule has 2 saturated heterocycles. The molecule has 3 amide bonds. The highest BCUT2D eigenvalue weighted by Crippen LogP contribution is 2.50. The van der Waals surface area contributed by atoms with Gasteiger partial charge in [0.2, 0.25) is 11.8 Å². The van der Waals surface area contributed by atoms with Crippen LogP contribution in [0.1, 0.15) is 62.6 Å². The lowest BCUT2D eigenvalue weighted by molar-refractivity contribution is -0.137. The van der Waals surface area contributed by atoms with Crippen LogP contribution in [-0.2, 0) is 19.1 Å². The summed E-state index contributed by atoms with van der Waals surface area (Å²) in [5, 5.41) is 10.0. The van der Waals surface area contributed by atoms with Crippen LogP contribution in [0.2, 0.25) is 0 Å². The van der Waals surface area contributed by atoms with Crippen molar-refractivity contribution < 1.29 is 29.0 Å². The number of aromatic hydroxyl groups is 1. The Kier molecular flexibility index (Phi) is 7.17. The SMILES string of the molecule is CCCC1=C2[C@@H](CC/C(C)=C/c3cc(C)c(O)c(C)c3)OC[C@@H]2[C@@H]2C(=O)N(C(=O)OC)C(=O)[C@@H]2C1. The van der Waals surface area contributed by atoms with Crippen LogP contribution < -0.4 is 0 Å². The molecule has 0 bridgehead atoms. The molecule has 7 nitrogen and oxygen atoms in total. The third-order valence-electron chi connectivity index (χ3n) is 7.64. The fraction of sp³-hybridized carbons (Fsp3) is 0.536. The first kappa shape index (κ1) is 25.2. The van der Waals surface area contributed by atoms with Gasteiger partial charge in [0.1, 0.15) is 5.75 Å². The van der Waals surface area contributed by atoms with Crippen molar-refractivity contribution in [2.75, 3.05) is 13.7 Å². The van der Waals surface area contributed by atoms with Gasteiger partial charge < -0.3 is 14.6 Å². The number of allylic oxidation sites excluding steroid dienone is 2. The molecule has 0 unspecified atom stereocenters. The zero-order valence-electron chi connectivity index (χ0n) is 21.2. The minimum absolute atomic E-state index is 0.0933. The number of aryl methyl sites for hydroxylation is 2. The van der Waals surface area contributed by atoms with Crippen molar-refractivity contribution >= 4 is 24.0 Å². The first-order valence-electron chi connectivity index (χ1n) is 12.4. The predicted octanol–water partition coefficient (Wildman–Crippen LogP) is 5.08. The van der Waals surface area contributed by atoms with E-state index in [2.05, 4.69) is 19.9 Å². The molecule has 2 fully saturated rings. The van der Waals surface area contributed by atoms with Crippen LogP contribution in [0.15, 0.2) is 28.9 Å². The maximum atomic E-state index is 13.1. The van der Waals surface area contributed by atoms with E-state index in [0.29, 0.717) is 23.7 Å². The van der Waals surface area contributed by atoms with Gasteiger partial charge >= 0.3 is 6.09 Å². The molecule has 2 aliphatic heterocycles. The number of likely N-dealkylation sites (tertiary alicyclic amines) is 1. The van der Waals surface area contributed by atoms with Crippen molar-refractivity contribution in [2.24, 2.45) is 17.8 Å². The number of carbonyl (C=O) groups excluding carboxylic acids is 3. The summed E-state index contributed by atoms with van der Waals surface area (Å²) in [6.07, 6.45) is 5.06. The van der Waals surface area contributed by atoms with Gasteiger partial charge in [0.25, 0.3) is 0 Å². The van der Waals surface area contributed by atoms with Crippen LogP contribution in [0.5, 0.6) is 5.75 Å². The summed E-state index contributed by atoms with van der Waals surface area (Å²) in [7, 11) is 1.18. The molecule has 7 heteroatoms. The summed E-state index contributed by atoms with van der Waals surface area (Å²) in [5.41, 5.74) is 6.36. The summed E-state index contributed by atoms with van der Waals surface area (Å²) >= 11 is 0. The fourth-order valence-electron chi connectivity index (χ4n) is 6.07. The molecule has 3 aliphatic rings. The number of methoxy groups -OCH3 is 1. The normalized spacial score (nSPS) is 26.3. The lowest BCUT2D eigenvalue weighted by Crippen LogP contribution is -2.38. The van der Waals surface area contributed by atoms with Gasteiger partial charge in [0.15, 0.2) is 0 Å². The smallest absolute Gasteiger partial charge is 0.423 e. The van der Waals surface area contributed by atoms with Crippen molar-refractivity contribution in [3.8, 4) is 5.75 Å². The largest absolute Gasteiger partial charge is 0.507 e. The molecule has 4 rings (SSSR count). The van der Waals surface area contributed by atoms with Crippen molar-refractivity contribution in [1.82, 2.24) is 4.90 Å². The Morgan fingerprint density at radius 3 is 2.51 bits per heavy atom. The predicted molar refractivity (Wildman–Crippen MR) is 131 cm³/mol. The maximum absolute atomic E-state index is 13.1. The van der Waals surface area contributed by atoms with E-state index in [9.17, 15) is 19.5 Å². The van der Waals surface area contributed by atoms with Crippen molar-refractivity contribution in [3.63, 3.8) is 0 Å². The minimum atomic E-state index is -0.899. The van der Waals surface area contributed by atoms with Crippen LogP contribution in [-0.4, -0.2) is 47.7 Å². The molecule has 0 spiro atoms. The Labute approximate surface area is 206 Å². The monoisotopic (exact) mass is 481 g/mol. The molecule has 1 aromatic rings. The number of hydrogen-bond donors (Lipinski definition) is 1. The first-order valence-corrected chi connectivity index (χ1v) is 12.4. The average Bonchev–Trinajstić information content (AvgIpc) is 3.34. The number of ether oxygens (including phenoxy) is 2. The Balaban J connectivity index is 1.54. The summed E-state index contributed by atoms with van der Waals surface area (Å²) < 4.78 is 10.9.